The topological polar surface area (TPSA) is 65.2 Å². The molecule has 0 spiro atoms. The number of ether oxygens (including phenoxy) is 1. The average molecular weight is 227 g/mol. The van der Waals surface area contributed by atoms with Gasteiger partial charge in [0.25, 0.3) is 0 Å². The first kappa shape index (κ1) is 11.5. The van der Waals surface area contributed by atoms with Crippen molar-refractivity contribution in [1.82, 2.24) is 4.98 Å². The molecule has 0 radical (unpaired) electrons. The Morgan fingerprint density at radius 2 is 2.40 bits per heavy atom. The van der Waals surface area contributed by atoms with Gasteiger partial charge in [0, 0.05) is 18.5 Å². The van der Waals surface area contributed by atoms with Crippen molar-refractivity contribution in [1.29, 1.82) is 0 Å². The van der Waals surface area contributed by atoms with Crippen LogP contribution in [0.3, 0.4) is 0 Å². The molecule has 0 saturated carbocycles. The maximum absolute atomic E-state index is 10.8. The molecule has 0 aromatic carbocycles. The van der Waals surface area contributed by atoms with E-state index < -0.39 is 5.97 Å². The number of rotatable bonds is 3. The SMILES string of the molecule is COC(=O)/C=C/Cc1cncc(Cl)c1N. The summed E-state index contributed by atoms with van der Waals surface area (Å²) in [5.74, 6) is -0.399. The third-order valence-corrected chi connectivity index (χ3v) is 2.12. The predicted molar refractivity (Wildman–Crippen MR) is 58.5 cm³/mol. The van der Waals surface area contributed by atoms with Gasteiger partial charge in [0.2, 0.25) is 0 Å². The van der Waals surface area contributed by atoms with Gasteiger partial charge >= 0.3 is 5.97 Å². The maximum Gasteiger partial charge on any atom is 0.330 e. The van der Waals surface area contributed by atoms with Crippen LogP contribution in [0, 0.1) is 0 Å². The summed E-state index contributed by atoms with van der Waals surface area (Å²) in [4.78, 5) is 14.7. The molecule has 1 aromatic heterocycles. The molecule has 0 aliphatic rings. The number of carbonyl (C=O) groups is 1. The summed E-state index contributed by atoms with van der Waals surface area (Å²) < 4.78 is 4.44. The summed E-state index contributed by atoms with van der Waals surface area (Å²) >= 11 is 5.78. The molecular formula is C10H11ClN2O2. The largest absolute Gasteiger partial charge is 0.466 e. The smallest absolute Gasteiger partial charge is 0.330 e. The summed E-state index contributed by atoms with van der Waals surface area (Å²) in [6.45, 7) is 0. The van der Waals surface area contributed by atoms with Crippen LogP contribution in [0.25, 0.3) is 0 Å². The van der Waals surface area contributed by atoms with Gasteiger partial charge in [-0.1, -0.05) is 17.7 Å². The molecule has 0 atom stereocenters. The Bertz CT molecular complexity index is 391. The first-order valence-corrected chi connectivity index (χ1v) is 4.65. The highest BCUT2D eigenvalue weighted by Crippen LogP contribution is 2.21. The Morgan fingerprint density at radius 3 is 3.07 bits per heavy atom. The molecule has 1 heterocycles. The van der Waals surface area contributed by atoms with Gasteiger partial charge in [-0.05, 0) is 12.0 Å². The van der Waals surface area contributed by atoms with Gasteiger partial charge in [-0.15, -0.1) is 0 Å². The van der Waals surface area contributed by atoms with Crippen LogP contribution in [0.15, 0.2) is 24.5 Å². The van der Waals surface area contributed by atoms with Crippen LogP contribution in [0.5, 0.6) is 0 Å². The van der Waals surface area contributed by atoms with Crippen molar-refractivity contribution < 1.29 is 9.53 Å². The average Bonchev–Trinajstić information content (AvgIpc) is 2.24. The zero-order valence-electron chi connectivity index (χ0n) is 8.24. The van der Waals surface area contributed by atoms with E-state index in [2.05, 4.69) is 9.72 Å². The van der Waals surface area contributed by atoms with E-state index >= 15 is 0 Å². The number of anilines is 1. The van der Waals surface area contributed by atoms with Crippen molar-refractivity contribution in [3.05, 3.63) is 35.1 Å². The highest BCUT2D eigenvalue weighted by molar-refractivity contribution is 6.33. The summed E-state index contributed by atoms with van der Waals surface area (Å²) in [6, 6.07) is 0. The fourth-order valence-electron chi connectivity index (χ4n) is 0.998. The van der Waals surface area contributed by atoms with Gasteiger partial charge in [-0.2, -0.15) is 0 Å². The van der Waals surface area contributed by atoms with Crippen LogP contribution >= 0.6 is 11.6 Å². The van der Waals surface area contributed by atoms with Crippen molar-refractivity contribution in [3.8, 4) is 0 Å². The first-order valence-electron chi connectivity index (χ1n) is 4.27. The molecule has 0 unspecified atom stereocenters. The van der Waals surface area contributed by atoms with Gasteiger partial charge in [-0.25, -0.2) is 4.79 Å². The predicted octanol–water partition coefficient (Wildman–Crippen LogP) is 1.59. The van der Waals surface area contributed by atoms with Crippen molar-refractivity contribution in [2.75, 3.05) is 12.8 Å². The van der Waals surface area contributed by atoms with Gasteiger partial charge < -0.3 is 10.5 Å². The Labute approximate surface area is 92.7 Å². The minimum absolute atomic E-state index is 0.399. The zero-order valence-corrected chi connectivity index (χ0v) is 8.99. The third-order valence-electron chi connectivity index (χ3n) is 1.81. The number of hydrogen-bond donors (Lipinski definition) is 1. The quantitative estimate of drug-likeness (QED) is 0.628. The molecule has 4 nitrogen and oxygen atoms in total. The van der Waals surface area contributed by atoms with E-state index in [1.54, 1.807) is 12.3 Å². The lowest BCUT2D eigenvalue weighted by Gasteiger charge is -2.02. The van der Waals surface area contributed by atoms with Gasteiger partial charge in [0.1, 0.15) is 0 Å². The number of aromatic nitrogens is 1. The lowest BCUT2D eigenvalue weighted by Crippen LogP contribution is -1.97. The van der Waals surface area contributed by atoms with Crippen LogP contribution in [0.2, 0.25) is 5.02 Å². The Morgan fingerprint density at radius 1 is 1.67 bits per heavy atom. The van der Waals surface area contributed by atoms with Crippen LogP contribution in [-0.2, 0) is 16.0 Å². The molecule has 0 aliphatic heterocycles. The molecule has 15 heavy (non-hydrogen) atoms. The number of hydrogen-bond acceptors (Lipinski definition) is 4. The van der Waals surface area contributed by atoms with Crippen LogP contribution in [-0.4, -0.2) is 18.1 Å². The Balaban J connectivity index is 2.70. The number of pyridine rings is 1. The standard InChI is InChI=1S/C10H11ClN2O2/c1-15-9(14)4-2-3-7-5-13-6-8(11)10(7)12/h2,4-6H,3H2,1H3,(H2,12,13)/b4-2+. The molecule has 1 rings (SSSR count). The molecule has 0 amide bonds. The number of halogens is 1. The van der Waals surface area contributed by atoms with Crippen molar-refractivity contribution in [3.63, 3.8) is 0 Å². The van der Waals surface area contributed by atoms with E-state index in [-0.39, 0.29) is 0 Å². The molecule has 0 saturated heterocycles. The minimum atomic E-state index is -0.399. The van der Waals surface area contributed by atoms with Crippen molar-refractivity contribution in [2.24, 2.45) is 0 Å². The normalized spacial score (nSPS) is 10.5. The fourth-order valence-corrected chi connectivity index (χ4v) is 1.18. The monoisotopic (exact) mass is 226 g/mol. The second-order valence-electron chi connectivity index (χ2n) is 2.82. The first-order chi connectivity index (χ1) is 7.15. The molecule has 0 aliphatic carbocycles. The molecule has 80 valence electrons. The number of nitrogens with zero attached hydrogens (tertiary/aromatic N) is 1. The lowest BCUT2D eigenvalue weighted by atomic mass is 10.1. The van der Waals surface area contributed by atoms with Gasteiger partial charge in [-0.3, -0.25) is 4.98 Å². The second-order valence-corrected chi connectivity index (χ2v) is 3.23. The number of nitrogens with two attached hydrogens (primary N) is 1. The van der Waals surface area contributed by atoms with Gasteiger partial charge in [0.05, 0.1) is 17.8 Å². The van der Waals surface area contributed by atoms with E-state index in [4.69, 9.17) is 17.3 Å². The molecule has 2 N–H and O–H groups in total. The fraction of sp³-hybridized carbons (Fsp3) is 0.200. The van der Waals surface area contributed by atoms with Crippen LogP contribution in [0.1, 0.15) is 5.56 Å². The van der Waals surface area contributed by atoms with Gasteiger partial charge in [0.15, 0.2) is 0 Å². The number of methoxy groups -OCH3 is 1. The van der Waals surface area contributed by atoms with E-state index in [9.17, 15) is 4.79 Å². The Hall–Kier alpha value is -1.55. The molecule has 1 aromatic rings. The zero-order chi connectivity index (χ0) is 11.3. The highest BCUT2D eigenvalue weighted by atomic mass is 35.5. The molecule has 5 heteroatoms. The number of allylic oxidation sites excluding steroid dienone is 1. The third kappa shape index (κ3) is 3.25. The summed E-state index contributed by atoms with van der Waals surface area (Å²) in [5, 5.41) is 0.416. The van der Waals surface area contributed by atoms with E-state index in [1.807, 2.05) is 0 Å². The summed E-state index contributed by atoms with van der Waals surface area (Å²) in [5.41, 5.74) is 6.98. The molecule has 0 bridgehead atoms. The minimum Gasteiger partial charge on any atom is -0.466 e. The van der Waals surface area contributed by atoms with Crippen LogP contribution in [0.4, 0.5) is 5.69 Å². The second kappa shape index (κ2) is 5.36. The van der Waals surface area contributed by atoms with E-state index in [0.717, 1.165) is 5.56 Å². The number of esters is 1. The number of carbonyl (C=O) groups excluding carboxylic acids is 1. The summed E-state index contributed by atoms with van der Waals surface area (Å²) in [7, 11) is 1.32. The van der Waals surface area contributed by atoms with Crippen molar-refractivity contribution >= 4 is 23.3 Å². The molecular weight excluding hydrogens is 216 g/mol. The Kier molecular flexibility index (Phi) is 4.12. The highest BCUT2D eigenvalue weighted by Gasteiger charge is 2.01. The van der Waals surface area contributed by atoms with Crippen molar-refractivity contribution in [2.45, 2.75) is 6.42 Å². The number of nitrogen functional groups attached to an aromatic ring is 1. The summed E-state index contributed by atoms with van der Waals surface area (Å²) in [6.07, 6.45) is 6.57. The van der Waals surface area contributed by atoms with Crippen LogP contribution < -0.4 is 5.73 Å². The molecule has 0 fully saturated rings. The maximum atomic E-state index is 10.8. The van der Waals surface area contributed by atoms with E-state index in [1.165, 1.54) is 19.4 Å². The van der Waals surface area contributed by atoms with E-state index in [0.29, 0.717) is 17.1 Å². The lowest BCUT2D eigenvalue weighted by molar-refractivity contribution is -0.134.